The summed E-state index contributed by atoms with van der Waals surface area (Å²) in [5, 5.41) is 11.2. The van der Waals surface area contributed by atoms with Crippen LogP contribution >= 0.6 is 0 Å². The molecule has 0 aliphatic rings. The average molecular weight is 590 g/mol. The van der Waals surface area contributed by atoms with Gasteiger partial charge in [-0.15, -0.1) is 0 Å². The second-order valence-electron chi connectivity index (χ2n) is 10.1. The highest BCUT2D eigenvalue weighted by Gasteiger charge is 2.14. The molecular formula is C36H29F2N3O3. The maximum Gasteiger partial charge on any atom is 0.244 e. The second kappa shape index (κ2) is 13.6. The summed E-state index contributed by atoms with van der Waals surface area (Å²) in [5.41, 5.74) is 4.83. The Morgan fingerprint density at radius 3 is 2.16 bits per heavy atom. The molecule has 1 heterocycles. The number of aliphatic imine (C=N–C) groups is 1. The smallest absolute Gasteiger partial charge is 0.244 e. The van der Waals surface area contributed by atoms with E-state index in [1.165, 1.54) is 30.3 Å². The number of carbonyl (C=O) groups is 1. The van der Waals surface area contributed by atoms with E-state index >= 15 is 0 Å². The van der Waals surface area contributed by atoms with Crippen LogP contribution in [0.1, 0.15) is 19.1 Å². The predicted octanol–water partition coefficient (Wildman–Crippen LogP) is 9.02. The molecule has 6 nitrogen and oxygen atoms in total. The lowest BCUT2D eigenvalue weighted by atomic mass is 9.96. The number of amidine groups is 1. The van der Waals surface area contributed by atoms with Crippen LogP contribution in [0, 0.1) is 17.0 Å². The van der Waals surface area contributed by atoms with E-state index < -0.39 is 0 Å². The van der Waals surface area contributed by atoms with Gasteiger partial charge in [0.25, 0.3) is 0 Å². The molecule has 0 saturated carbocycles. The van der Waals surface area contributed by atoms with Crippen LogP contribution in [0.4, 0.5) is 8.78 Å². The van der Waals surface area contributed by atoms with Crippen LogP contribution < -0.4 is 10.1 Å². The SMILES string of the molecule is C=NC(=N)C/C=C(C)/C=C/C(=O)NCc1cc2cc(-c3ccc(Oc4ccc(F)cc4)cc3)cc(-c3ccc(F)cc3)c2o1. The van der Waals surface area contributed by atoms with Gasteiger partial charge in [0.1, 0.15) is 40.3 Å². The number of nitrogens with one attached hydrogen (secondary N) is 2. The number of benzene rings is 4. The van der Waals surface area contributed by atoms with Crippen molar-refractivity contribution in [2.24, 2.45) is 4.99 Å². The number of halogens is 2. The molecule has 5 aromatic rings. The van der Waals surface area contributed by atoms with Gasteiger partial charge in [0, 0.05) is 23.4 Å². The largest absolute Gasteiger partial charge is 0.459 e. The molecule has 1 aromatic heterocycles. The highest BCUT2D eigenvalue weighted by Crippen LogP contribution is 2.37. The van der Waals surface area contributed by atoms with Gasteiger partial charge in [0.15, 0.2) is 0 Å². The van der Waals surface area contributed by atoms with Gasteiger partial charge in [-0.2, -0.15) is 0 Å². The van der Waals surface area contributed by atoms with Crippen LogP contribution in [0.3, 0.4) is 0 Å². The first-order chi connectivity index (χ1) is 21.3. The maximum absolute atomic E-state index is 13.7. The Kier molecular flexibility index (Phi) is 9.20. The fourth-order valence-electron chi connectivity index (χ4n) is 4.49. The van der Waals surface area contributed by atoms with Crippen LogP contribution in [0.5, 0.6) is 11.5 Å². The number of allylic oxidation sites excluding steroid dienone is 2. The van der Waals surface area contributed by atoms with Gasteiger partial charge in [-0.3, -0.25) is 10.2 Å². The second-order valence-corrected chi connectivity index (χ2v) is 10.1. The summed E-state index contributed by atoms with van der Waals surface area (Å²) in [6.45, 7) is 5.32. The Morgan fingerprint density at radius 1 is 0.886 bits per heavy atom. The van der Waals surface area contributed by atoms with Crippen molar-refractivity contribution in [3.8, 4) is 33.8 Å². The zero-order valence-electron chi connectivity index (χ0n) is 23.9. The van der Waals surface area contributed by atoms with Crippen LogP contribution in [0.25, 0.3) is 33.2 Å². The van der Waals surface area contributed by atoms with E-state index in [9.17, 15) is 13.6 Å². The zero-order valence-corrected chi connectivity index (χ0v) is 23.9. The first-order valence-corrected chi connectivity index (χ1v) is 13.8. The van der Waals surface area contributed by atoms with Crippen molar-refractivity contribution in [2.75, 3.05) is 0 Å². The third kappa shape index (κ3) is 7.60. The summed E-state index contributed by atoms with van der Waals surface area (Å²) in [6.07, 6.45) is 5.22. The minimum absolute atomic E-state index is 0.156. The lowest BCUT2D eigenvalue weighted by molar-refractivity contribution is -0.116. The minimum Gasteiger partial charge on any atom is -0.459 e. The van der Waals surface area contributed by atoms with Crippen molar-refractivity contribution in [1.82, 2.24) is 5.32 Å². The Labute approximate surface area is 253 Å². The molecule has 0 aliphatic carbocycles. The van der Waals surface area contributed by atoms with E-state index in [2.05, 4.69) is 17.0 Å². The van der Waals surface area contributed by atoms with E-state index in [-0.39, 0.29) is 29.9 Å². The van der Waals surface area contributed by atoms with Crippen molar-refractivity contribution in [3.63, 3.8) is 0 Å². The van der Waals surface area contributed by atoms with Crippen LogP contribution in [-0.4, -0.2) is 18.5 Å². The normalized spacial score (nSPS) is 11.6. The number of carbonyl (C=O) groups excluding carboxylic acids is 1. The maximum atomic E-state index is 13.7. The summed E-state index contributed by atoms with van der Waals surface area (Å²) in [5.74, 6) is 0.885. The monoisotopic (exact) mass is 589 g/mol. The van der Waals surface area contributed by atoms with Crippen LogP contribution in [-0.2, 0) is 11.3 Å². The molecule has 44 heavy (non-hydrogen) atoms. The number of furan rings is 1. The van der Waals surface area contributed by atoms with Crippen LogP contribution in [0.15, 0.2) is 124 Å². The van der Waals surface area contributed by atoms with E-state index in [4.69, 9.17) is 14.6 Å². The minimum atomic E-state index is -0.338. The molecule has 0 fully saturated rings. The van der Waals surface area contributed by atoms with E-state index in [0.717, 1.165) is 33.2 Å². The first-order valence-electron chi connectivity index (χ1n) is 13.8. The molecule has 1 amide bonds. The van der Waals surface area contributed by atoms with Crippen molar-refractivity contribution in [3.05, 3.63) is 132 Å². The molecule has 0 bridgehead atoms. The summed E-state index contributed by atoms with van der Waals surface area (Å²) < 4.78 is 39.0. The van der Waals surface area contributed by atoms with Crippen molar-refractivity contribution < 1.29 is 22.7 Å². The molecule has 0 aliphatic heterocycles. The first kappa shape index (κ1) is 29.8. The molecular weight excluding hydrogens is 560 g/mol. The lowest BCUT2D eigenvalue weighted by Crippen LogP contribution is -2.19. The van der Waals surface area contributed by atoms with Crippen molar-refractivity contribution in [1.29, 1.82) is 5.41 Å². The fourth-order valence-corrected chi connectivity index (χ4v) is 4.49. The number of nitrogens with zero attached hydrogens (tertiary/aromatic N) is 1. The van der Waals surface area contributed by atoms with E-state index in [0.29, 0.717) is 29.3 Å². The summed E-state index contributed by atoms with van der Waals surface area (Å²) in [4.78, 5) is 16.0. The number of rotatable bonds is 10. The molecule has 2 N–H and O–H groups in total. The van der Waals surface area contributed by atoms with Gasteiger partial charge in [0.2, 0.25) is 5.91 Å². The molecule has 8 heteroatoms. The van der Waals surface area contributed by atoms with Crippen LogP contribution in [0.2, 0.25) is 0 Å². The highest BCUT2D eigenvalue weighted by atomic mass is 19.1. The number of fused-ring (bicyclic) bond motifs is 1. The third-order valence-corrected chi connectivity index (χ3v) is 6.80. The number of hydrogen-bond acceptors (Lipinski definition) is 4. The molecule has 0 radical (unpaired) electrons. The number of amides is 1. The van der Waals surface area contributed by atoms with Gasteiger partial charge in [0.05, 0.1) is 6.54 Å². The Hall–Kier alpha value is -5.63. The van der Waals surface area contributed by atoms with Gasteiger partial charge >= 0.3 is 0 Å². The topological polar surface area (TPSA) is 87.7 Å². The highest BCUT2D eigenvalue weighted by molar-refractivity contribution is 5.97. The molecule has 4 aromatic carbocycles. The van der Waals surface area contributed by atoms with Crippen molar-refractivity contribution in [2.45, 2.75) is 19.9 Å². The summed E-state index contributed by atoms with van der Waals surface area (Å²) in [7, 11) is 0. The molecule has 0 spiro atoms. The summed E-state index contributed by atoms with van der Waals surface area (Å²) >= 11 is 0. The Morgan fingerprint density at radius 2 is 1.50 bits per heavy atom. The molecule has 0 saturated heterocycles. The number of hydrogen-bond donors (Lipinski definition) is 2. The Balaban J connectivity index is 1.38. The predicted molar refractivity (Wildman–Crippen MR) is 170 cm³/mol. The number of ether oxygens (including phenoxy) is 1. The molecule has 0 atom stereocenters. The molecule has 220 valence electrons. The van der Waals surface area contributed by atoms with Gasteiger partial charge in [-0.05, 0) is 97.1 Å². The summed E-state index contributed by atoms with van der Waals surface area (Å²) in [6, 6.07) is 25.4. The molecule has 5 rings (SSSR count). The standard InChI is InChI=1S/C36H29F2N3O3/c1-23(3-17-34(39)40-2)4-18-35(42)41-22-32-20-27-19-26(21-33(36(27)44-32)25-5-9-28(37)10-6-25)24-7-13-30(14-8-24)43-31-15-11-29(38)12-16-31/h3-16,18-21,39H,2,17,22H2,1H3,(H,41,42)/b18-4+,23-3+,39-34?. The average Bonchev–Trinajstić information content (AvgIpc) is 3.46. The third-order valence-electron chi connectivity index (χ3n) is 6.80. The van der Waals surface area contributed by atoms with E-state index in [1.807, 2.05) is 49.4 Å². The van der Waals surface area contributed by atoms with Gasteiger partial charge in [-0.25, -0.2) is 13.8 Å². The quantitative estimate of drug-likeness (QED) is 0.0737. The Bertz CT molecular complexity index is 1870. The zero-order chi connectivity index (χ0) is 31.1. The van der Waals surface area contributed by atoms with Gasteiger partial charge in [-0.1, -0.05) is 42.0 Å². The van der Waals surface area contributed by atoms with Crippen molar-refractivity contribution >= 4 is 29.4 Å². The molecule has 0 unspecified atom stereocenters. The lowest BCUT2D eigenvalue weighted by Gasteiger charge is -2.10. The van der Waals surface area contributed by atoms with E-state index in [1.54, 1.807) is 36.4 Å². The van der Waals surface area contributed by atoms with Gasteiger partial charge < -0.3 is 14.5 Å². The fraction of sp³-hybridized carbons (Fsp3) is 0.0833.